The summed E-state index contributed by atoms with van der Waals surface area (Å²) < 4.78 is 5.17. The number of hydrogen-bond acceptors (Lipinski definition) is 6. The van der Waals surface area contributed by atoms with Gasteiger partial charge in [0.15, 0.2) is 6.61 Å². The lowest BCUT2D eigenvalue weighted by Gasteiger charge is -2.06. The highest BCUT2D eigenvalue weighted by molar-refractivity contribution is 6.32. The summed E-state index contributed by atoms with van der Waals surface area (Å²) in [5, 5.41) is 18.5. The van der Waals surface area contributed by atoms with Gasteiger partial charge >= 0.3 is 0 Å². The average molecular weight is 318 g/mol. The van der Waals surface area contributed by atoms with Gasteiger partial charge in [0.2, 0.25) is 0 Å². The Labute approximate surface area is 131 Å². The molecule has 2 aromatic rings. The number of hydrazone groups is 1. The summed E-state index contributed by atoms with van der Waals surface area (Å²) in [4.78, 5) is 11.3. The summed E-state index contributed by atoms with van der Waals surface area (Å²) in [6.07, 6.45) is 1.37. The lowest BCUT2D eigenvalue weighted by Crippen LogP contribution is -2.10. The Kier molecular flexibility index (Phi) is 5.11. The van der Waals surface area contributed by atoms with Crippen molar-refractivity contribution in [3.05, 3.63) is 51.4 Å². The fraction of sp³-hybridized carbons (Fsp3) is 0.143. The summed E-state index contributed by atoms with van der Waals surface area (Å²) in [7, 11) is 0. The van der Waals surface area contributed by atoms with Crippen LogP contribution in [0.1, 0.15) is 12.5 Å². The second kappa shape index (κ2) is 7.24. The first-order valence-electron chi connectivity index (χ1n) is 6.25. The predicted octanol–water partition coefficient (Wildman–Crippen LogP) is 2.16. The summed E-state index contributed by atoms with van der Waals surface area (Å²) >= 11 is 5.83. The van der Waals surface area contributed by atoms with Crippen LogP contribution in [-0.4, -0.2) is 22.5 Å². The van der Waals surface area contributed by atoms with E-state index in [2.05, 4.69) is 20.7 Å². The minimum atomic E-state index is -0.487. The van der Waals surface area contributed by atoms with Gasteiger partial charge in [0.25, 0.3) is 5.56 Å². The molecular weight excluding hydrogens is 306 g/mol. The number of ether oxygens (including phenoxy) is 1. The summed E-state index contributed by atoms with van der Waals surface area (Å²) in [6, 6.07) is 9.01. The lowest BCUT2D eigenvalue weighted by molar-refractivity contribution is 0.368. The van der Waals surface area contributed by atoms with Crippen LogP contribution in [0.4, 0.5) is 5.69 Å². The van der Waals surface area contributed by atoms with Crippen molar-refractivity contribution in [2.24, 2.45) is 5.10 Å². The highest BCUT2D eigenvalue weighted by Crippen LogP contribution is 2.16. The number of nitriles is 1. The van der Waals surface area contributed by atoms with Crippen molar-refractivity contribution >= 4 is 23.0 Å². The zero-order valence-electron chi connectivity index (χ0n) is 11.6. The highest BCUT2D eigenvalue weighted by atomic mass is 35.5. The van der Waals surface area contributed by atoms with Gasteiger partial charge in [-0.3, -0.25) is 10.2 Å². The maximum absolute atomic E-state index is 11.3. The van der Waals surface area contributed by atoms with Gasteiger partial charge < -0.3 is 4.74 Å². The molecule has 1 heterocycles. The summed E-state index contributed by atoms with van der Waals surface area (Å²) in [6.45, 7) is 1.80. The molecule has 1 aromatic heterocycles. The minimum absolute atomic E-state index is 0.00201. The van der Waals surface area contributed by atoms with Crippen LogP contribution < -0.4 is 15.7 Å². The van der Waals surface area contributed by atoms with Gasteiger partial charge in [-0.15, -0.1) is 0 Å². The van der Waals surface area contributed by atoms with E-state index in [0.717, 1.165) is 5.56 Å². The molecule has 1 aromatic carbocycles. The lowest BCUT2D eigenvalue weighted by atomic mass is 10.1. The van der Waals surface area contributed by atoms with E-state index in [1.165, 1.54) is 6.20 Å². The molecule has 0 amide bonds. The summed E-state index contributed by atoms with van der Waals surface area (Å²) in [5.41, 5.74) is 4.07. The molecule has 0 saturated carbocycles. The first-order valence-corrected chi connectivity index (χ1v) is 6.63. The van der Waals surface area contributed by atoms with Gasteiger partial charge in [-0.25, -0.2) is 5.10 Å². The van der Waals surface area contributed by atoms with E-state index in [0.29, 0.717) is 17.1 Å². The quantitative estimate of drug-likeness (QED) is 0.649. The van der Waals surface area contributed by atoms with Crippen molar-refractivity contribution in [3.63, 3.8) is 0 Å². The zero-order valence-corrected chi connectivity index (χ0v) is 12.4. The van der Waals surface area contributed by atoms with E-state index >= 15 is 0 Å². The average Bonchev–Trinajstić information content (AvgIpc) is 2.54. The van der Waals surface area contributed by atoms with Crippen LogP contribution in [0.15, 0.2) is 40.4 Å². The molecule has 0 aliphatic heterocycles. The van der Waals surface area contributed by atoms with Crippen molar-refractivity contribution in [1.82, 2.24) is 10.2 Å². The van der Waals surface area contributed by atoms with Crippen molar-refractivity contribution in [1.29, 1.82) is 5.26 Å². The van der Waals surface area contributed by atoms with E-state index in [1.807, 2.05) is 18.2 Å². The van der Waals surface area contributed by atoms with Crippen molar-refractivity contribution in [2.75, 3.05) is 12.0 Å². The van der Waals surface area contributed by atoms with E-state index < -0.39 is 5.56 Å². The maximum Gasteiger partial charge on any atom is 0.285 e. The monoisotopic (exact) mass is 317 g/mol. The molecule has 2 rings (SSSR count). The third kappa shape index (κ3) is 3.84. The Balaban J connectivity index is 2.10. The van der Waals surface area contributed by atoms with Gasteiger partial charge in [-0.1, -0.05) is 11.6 Å². The Hall–Kier alpha value is -2.85. The molecule has 0 saturated heterocycles. The normalized spacial score (nSPS) is 10.9. The van der Waals surface area contributed by atoms with Crippen molar-refractivity contribution in [2.45, 2.75) is 6.92 Å². The largest absolute Gasteiger partial charge is 0.479 e. The number of hydrogen-bond donors (Lipinski definition) is 2. The molecule has 22 heavy (non-hydrogen) atoms. The Bertz CT molecular complexity index is 777. The molecule has 0 bridgehead atoms. The first kappa shape index (κ1) is 15.5. The number of anilines is 1. The van der Waals surface area contributed by atoms with Crippen molar-refractivity contribution in [3.8, 4) is 11.8 Å². The van der Waals surface area contributed by atoms with Crippen LogP contribution in [0.25, 0.3) is 0 Å². The molecule has 112 valence electrons. The Morgan fingerprint density at radius 3 is 2.91 bits per heavy atom. The van der Waals surface area contributed by atoms with Gasteiger partial charge in [-0.05, 0) is 36.8 Å². The molecule has 2 N–H and O–H groups in total. The number of halogens is 1. The van der Waals surface area contributed by atoms with Crippen LogP contribution in [-0.2, 0) is 0 Å². The SMILES string of the molecule is C/C(=N/Nc1cn[nH]c(=O)c1Cl)c1ccc(OCC#N)cc1. The van der Waals surface area contributed by atoms with Crippen LogP contribution >= 0.6 is 11.6 Å². The molecule has 0 spiro atoms. The summed E-state index contributed by atoms with van der Waals surface area (Å²) in [5.74, 6) is 0.605. The van der Waals surface area contributed by atoms with Gasteiger partial charge in [0, 0.05) is 0 Å². The standard InChI is InChI=1S/C14H12ClN5O2/c1-9(10-2-4-11(5-3-10)22-7-6-16)18-19-12-8-17-20-14(21)13(12)15/h2-5,8H,7H2,1H3,(H2,19,20,21)/b18-9-. The zero-order chi connectivity index (χ0) is 15.9. The predicted molar refractivity (Wildman–Crippen MR) is 83.3 cm³/mol. The third-order valence-electron chi connectivity index (χ3n) is 2.72. The topological polar surface area (TPSA) is 103 Å². The Morgan fingerprint density at radius 1 is 1.50 bits per heavy atom. The van der Waals surface area contributed by atoms with Crippen molar-refractivity contribution < 1.29 is 4.74 Å². The number of nitrogens with one attached hydrogen (secondary N) is 2. The third-order valence-corrected chi connectivity index (χ3v) is 3.09. The van der Waals surface area contributed by atoms with E-state index in [9.17, 15) is 4.79 Å². The fourth-order valence-electron chi connectivity index (χ4n) is 1.58. The second-order valence-electron chi connectivity index (χ2n) is 4.21. The van der Waals surface area contributed by atoms with Crippen LogP contribution in [0.3, 0.4) is 0 Å². The second-order valence-corrected chi connectivity index (χ2v) is 4.58. The molecule has 0 radical (unpaired) electrons. The van der Waals surface area contributed by atoms with Crippen LogP contribution in [0.5, 0.6) is 5.75 Å². The smallest absolute Gasteiger partial charge is 0.285 e. The molecular formula is C14H12ClN5O2. The number of benzene rings is 1. The molecule has 8 heteroatoms. The van der Waals surface area contributed by atoms with Crippen LogP contribution in [0, 0.1) is 11.3 Å². The number of aromatic nitrogens is 2. The molecule has 0 unspecified atom stereocenters. The van der Waals surface area contributed by atoms with Gasteiger partial charge in [-0.2, -0.15) is 15.5 Å². The number of rotatable bonds is 5. The number of nitrogens with zero attached hydrogens (tertiary/aromatic N) is 3. The Morgan fingerprint density at radius 2 is 2.23 bits per heavy atom. The molecule has 0 fully saturated rings. The van der Waals surface area contributed by atoms with E-state index in [4.69, 9.17) is 21.6 Å². The van der Waals surface area contributed by atoms with E-state index in [1.54, 1.807) is 19.1 Å². The number of H-pyrrole nitrogens is 1. The molecule has 0 atom stereocenters. The van der Waals surface area contributed by atoms with Crippen LogP contribution in [0.2, 0.25) is 5.02 Å². The fourth-order valence-corrected chi connectivity index (χ4v) is 1.71. The molecule has 0 aliphatic carbocycles. The maximum atomic E-state index is 11.3. The minimum Gasteiger partial charge on any atom is -0.479 e. The number of aromatic amines is 1. The first-order chi connectivity index (χ1) is 10.6. The highest BCUT2D eigenvalue weighted by Gasteiger charge is 2.04. The molecule has 0 aliphatic rings. The van der Waals surface area contributed by atoms with Gasteiger partial charge in [0.05, 0.1) is 11.9 Å². The van der Waals surface area contributed by atoms with Gasteiger partial charge in [0.1, 0.15) is 22.5 Å². The molecule has 7 nitrogen and oxygen atoms in total. The van der Waals surface area contributed by atoms with E-state index in [-0.39, 0.29) is 11.6 Å².